The lowest BCUT2D eigenvalue weighted by Gasteiger charge is -2.17. The Morgan fingerprint density at radius 1 is 1.33 bits per heavy atom. The summed E-state index contributed by atoms with van der Waals surface area (Å²) in [5.74, 6) is 1.50. The second kappa shape index (κ2) is 4.53. The summed E-state index contributed by atoms with van der Waals surface area (Å²) in [5.41, 5.74) is 2.22. The predicted molar refractivity (Wildman–Crippen MR) is 70.4 cm³/mol. The third-order valence-corrected chi connectivity index (χ3v) is 3.81. The van der Waals surface area contributed by atoms with Crippen molar-refractivity contribution in [3.05, 3.63) is 42.2 Å². The maximum atomic E-state index is 4.22. The number of para-hydroxylation sites is 1. The first-order chi connectivity index (χ1) is 8.81. The first-order valence-electron chi connectivity index (χ1n) is 6.44. The van der Waals surface area contributed by atoms with Crippen molar-refractivity contribution in [3.63, 3.8) is 0 Å². The zero-order valence-electron chi connectivity index (χ0n) is 10.7. The molecule has 0 aliphatic heterocycles. The normalized spacial score (nSPS) is 23.9. The second-order valence-corrected chi connectivity index (χ2v) is 5.05. The molecule has 0 bridgehead atoms. The monoisotopic (exact) mass is 242 g/mol. The molecule has 4 heteroatoms. The minimum Gasteiger partial charge on any atom is -0.311 e. The zero-order chi connectivity index (χ0) is 12.5. The van der Waals surface area contributed by atoms with Crippen molar-refractivity contribution >= 4 is 0 Å². The van der Waals surface area contributed by atoms with E-state index in [0.29, 0.717) is 12.0 Å². The van der Waals surface area contributed by atoms with Crippen molar-refractivity contribution in [2.75, 3.05) is 7.05 Å². The quantitative estimate of drug-likeness (QED) is 0.893. The van der Waals surface area contributed by atoms with Crippen LogP contribution in [0.1, 0.15) is 25.1 Å². The molecule has 0 radical (unpaired) electrons. The standard InChI is InChI=1S/C14H18N4/c1-10-8-12(10)14(15-2)13-9-16-17-18(13)11-6-4-3-5-7-11/h3-7,9-10,12,14-15H,8H2,1-2H3. The van der Waals surface area contributed by atoms with Crippen molar-refractivity contribution in [1.82, 2.24) is 20.3 Å². The van der Waals surface area contributed by atoms with Gasteiger partial charge in [-0.2, -0.15) is 0 Å². The van der Waals surface area contributed by atoms with Crippen LogP contribution in [0.3, 0.4) is 0 Å². The number of rotatable bonds is 4. The summed E-state index contributed by atoms with van der Waals surface area (Å²) in [6, 6.07) is 10.5. The molecule has 1 N–H and O–H groups in total. The van der Waals surface area contributed by atoms with E-state index in [0.717, 1.165) is 17.3 Å². The summed E-state index contributed by atoms with van der Waals surface area (Å²) in [6.45, 7) is 2.30. The van der Waals surface area contributed by atoms with Crippen LogP contribution in [0.5, 0.6) is 0 Å². The topological polar surface area (TPSA) is 42.7 Å². The Kier molecular flexibility index (Phi) is 2.88. The average molecular weight is 242 g/mol. The molecule has 1 heterocycles. The lowest BCUT2D eigenvalue weighted by Crippen LogP contribution is -2.22. The number of nitrogens with zero attached hydrogens (tertiary/aromatic N) is 3. The van der Waals surface area contributed by atoms with E-state index in [-0.39, 0.29) is 0 Å². The Bertz CT molecular complexity index is 520. The minimum absolute atomic E-state index is 0.343. The van der Waals surface area contributed by atoms with Crippen LogP contribution in [0, 0.1) is 11.8 Å². The van der Waals surface area contributed by atoms with Crippen LogP contribution in [0.4, 0.5) is 0 Å². The number of benzene rings is 1. The molecule has 0 saturated heterocycles. The molecule has 18 heavy (non-hydrogen) atoms. The van der Waals surface area contributed by atoms with Gasteiger partial charge in [-0.1, -0.05) is 30.3 Å². The van der Waals surface area contributed by atoms with Gasteiger partial charge in [0, 0.05) is 0 Å². The maximum Gasteiger partial charge on any atom is 0.0818 e. The fourth-order valence-corrected chi connectivity index (χ4v) is 2.62. The molecule has 3 unspecified atom stereocenters. The van der Waals surface area contributed by atoms with Gasteiger partial charge < -0.3 is 5.32 Å². The lowest BCUT2D eigenvalue weighted by atomic mass is 10.1. The highest BCUT2D eigenvalue weighted by Gasteiger charge is 2.41. The maximum absolute atomic E-state index is 4.22. The van der Waals surface area contributed by atoms with E-state index < -0.39 is 0 Å². The Morgan fingerprint density at radius 3 is 2.67 bits per heavy atom. The molecule has 3 atom stereocenters. The van der Waals surface area contributed by atoms with Gasteiger partial charge >= 0.3 is 0 Å². The van der Waals surface area contributed by atoms with Crippen molar-refractivity contribution in [1.29, 1.82) is 0 Å². The van der Waals surface area contributed by atoms with Gasteiger partial charge in [-0.3, -0.25) is 0 Å². The van der Waals surface area contributed by atoms with Gasteiger partial charge in [-0.25, -0.2) is 4.68 Å². The van der Waals surface area contributed by atoms with Gasteiger partial charge in [0.1, 0.15) is 0 Å². The Morgan fingerprint density at radius 2 is 2.06 bits per heavy atom. The number of hydrogen-bond acceptors (Lipinski definition) is 3. The van der Waals surface area contributed by atoms with Gasteiger partial charge in [0.15, 0.2) is 0 Å². The third kappa shape index (κ3) is 1.93. The Balaban J connectivity index is 1.96. The van der Waals surface area contributed by atoms with E-state index in [2.05, 4.69) is 34.7 Å². The first kappa shape index (κ1) is 11.4. The fraction of sp³-hybridized carbons (Fsp3) is 0.429. The predicted octanol–water partition coefficient (Wildman–Crippen LogP) is 2.18. The Hall–Kier alpha value is -1.68. The summed E-state index contributed by atoms with van der Waals surface area (Å²) < 4.78 is 1.94. The van der Waals surface area contributed by atoms with E-state index in [1.807, 2.05) is 36.1 Å². The van der Waals surface area contributed by atoms with Gasteiger partial charge in [-0.05, 0) is 37.4 Å². The summed E-state index contributed by atoms with van der Waals surface area (Å²) in [5, 5.41) is 11.7. The van der Waals surface area contributed by atoms with Crippen LogP contribution in [-0.2, 0) is 0 Å². The zero-order valence-corrected chi connectivity index (χ0v) is 10.7. The summed E-state index contributed by atoms with van der Waals surface area (Å²) in [6.07, 6.45) is 3.16. The van der Waals surface area contributed by atoms with Crippen LogP contribution in [0.2, 0.25) is 0 Å². The molecule has 1 saturated carbocycles. The van der Waals surface area contributed by atoms with Crippen molar-refractivity contribution in [2.24, 2.45) is 11.8 Å². The molecular formula is C14H18N4. The molecule has 1 fully saturated rings. The average Bonchev–Trinajstić information content (AvgIpc) is 2.93. The highest BCUT2D eigenvalue weighted by molar-refractivity contribution is 5.32. The van der Waals surface area contributed by atoms with Crippen LogP contribution in [-0.4, -0.2) is 22.0 Å². The van der Waals surface area contributed by atoms with Crippen LogP contribution >= 0.6 is 0 Å². The molecule has 2 aromatic rings. The molecular weight excluding hydrogens is 224 g/mol. The minimum atomic E-state index is 0.343. The van der Waals surface area contributed by atoms with Crippen LogP contribution < -0.4 is 5.32 Å². The molecule has 1 aliphatic rings. The van der Waals surface area contributed by atoms with Gasteiger partial charge in [0.2, 0.25) is 0 Å². The van der Waals surface area contributed by atoms with Crippen molar-refractivity contribution in [2.45, 2.75) is 19.4 Å². The van der Waals surface area contributed by atoms with Gasteiger partial charge in [-0.15, -0.1) is 5.10 Å². The van der Waals surface area contributed by atoms with Gasteiger partial charge in [0.05, 0.1) is 23.6 Å². The molecule has 1 aromatic carbocycles. The van der Waals surface area contributed by atoms with Crippen LogP contribution in [0.25, 0.3) is 5.69 Å². The van der Waals surface area contributed by atoms with E-state index in [1.165, 1.54) is 6.42 Å². The lowest BCUT2D eigenvalue weighted by molar-refractivity contribution is 0.479. The van der Waals surface area contributed by atoms with E-state index >= 15 is 0 Å². The molecule has 1 aliphatic carbocycles. The first-order valence-corrected chi connectivity index (χ1v) is 6.44. The summed E-state index contributed by atoms with van der Waals surface area (Å²) in [7, 11) is 2.01. The van der Waals surface area contributed by atoms with Crippen molar-refractivity contribution in [3.8, 4) is 5.69 Å². The van der Waals surface area contributed by atoms with Crippen molar-refractivity contribution < 1.29 is 0 Å². The SMILES string of the molecule is CNC(c1cnnn1-c1ccccc1)C1CC1C. The largest absolute Gasteiger partial charge is 0.311 e. The molecule has 94 valence electrons. The number of hydrogen-bond donors (Lipinski definition) is 1. The molecule has 1 aromatic heterocycles. The second-order valence-electron chi connectivity index (χ2n) is 5.05. The number of nitrogens with one attached hydrogen (secondary N) is 1. The molecule has 4 nitrogen and oxygen atoms in total. The highest BCUT2D eigenvalue weighted by atomic mass is 15.4. The van der Waals surface area contributed by atoms with Crippen LogP contribution in [0.15, 0.2) is 36.5 Å². The van der Waals surface area contributed by atoms with Gasteiger partial charge in [0.25, 0.3) is 0 Å². The van der Waals surface area contributed by atoms with E-state index in [4.69, 9.17) is 0 Å². The van der Waals surface area contributed by atoms with E-state index in [1.54, 1.807) is 0 Å². The molecule has 0 spiro atoms. The smallest absolute Gasteiger partial charge is 0.0818 e. The Labute approximate surface area is 107 Å². The fourth-order valence-electron chi connectivity index (χ4n) is 2.62. The molecule has 0 amide bonds. The summed E-state index contributed by atoms with van der Waals surface area (Å²) in [4.78, 5) is 0. The number of aromatic nitrogens is 3. The third-order valence-electron chi connectivity index (χ3n) is 3.81. The molecule has 3 rings (SSSR count). The van der Waals surface area contributed by atoms with E-state index in [9.17, 15) is 0 Å². The highest BCUT2D eigenvalue weighted by Crippen LogP contribution is 2.46. The summed E-state index contributed by atoms with van der Waals surface area (Å²) >= 11 is 0.